The Morgan fingerprint density at radius 1 is 1.30 bits per heavy atom. The maximum Gasteiger partial charge on any atom is 0.254 e. The number of carbonyl (C=O) groups excluding carboxylic acids is 1. The van der Waals surface area contributed by atoms with E-state index in [1.165, 1.54) is 7.11 Å². The summed E-state index contributed by atoms with van der Waals surface area (Å²) < 4.78 is 15.9. The van der Waals surface area contributed by atoms with Crippen molar-refractivity contribution in [1.82, 2.24) is 4.90 Å². The van der Waals surface area contributed by atoms with Crippen LogP contribution in [0.15, 0.2) is 36.4 Å². The van der Waals surface area contributed by atoms with E-state index in [2.05, 4.69) is 6.07 Å². The van der Waals surface area contributed by atoms with Gasteiger partial charge in [0.05, 0.1) is 23.8 Å². The molecule has 0 unspecified atom stereocenters. The highest BCUT2D eigenvalue weighted by atomic mass is 35.5. The van der Waals surface area contributed by atoms with Gasteiger partial charge in [0.2, 0.25) is 0 Å². The van der Waals surface area contributed by atoms with Crippen LogP contribution < -0.4 is 4.74 Å². The van der Waals surface area contributed by atoms with Crippen molar-refractivity contribution in [1.29, 1.82) is 5.26 Å². The Morgan fingerprint density at radius 2 is 2.07 bits per heavy atom. The first-order chi connectivity index (χ1) is 13.1. The van der Waals surface area contributed by atoms with Crippen LogP contribution in [0.2, 0.25) is 5.02 Å². The molecule has 1 aliphatic heterocycles. The van der Waals surface area contributed by atoms with E-state index in [4.69, 9.17) is 25.8 Å². The fraction of sp³-hybridized carbons (Fsp3) is 0.300. The molecule has 6 nitrogen and oxygen atoms in total. The molecule has 7 heteroatoms. The summed E-state index contributed by atoms with van der Waals surface area (Å²) in [6.45, 7) is 2.28. The monoisotopic (exact) mass is 386 g/mol. The van der Waals surface area contributed by atoms with E-state index >= 15 is 0 Å². The van der Waals surface area contributed by atoms with E-state index in [1.807, 2.05) is 12.1 Å². The summed E-state index contributed by atoms with van der Waals surface area (Å²) in [5.41, 5.74) is 2.33. The number of carbonyl (C=O) groups is 1. The Bertz CT molecular complexity index is 873. The second-order valence-corrected chi connectivity index (χ2v) is 6.38. The zero-order chi connectivity index (χ0) is 19.2. The highest BCUT2D eigenvalue weighted by Crippen LogP contribution is 2.35. The van der Waals surface area contributed by atoms with Gasteiger partial charge in [0.1, 0.15) is 11.8 Å². The number of amides is 1. The van der Waals surface area contributed by atoms with Gasteiger partial charge >= 0.3 is 0 Å². The number of halogens is 1. The average molecular weight is 387 g/mol. The summed E-state index contributed by atoms with van der Waals surface area (Å²) in [6.07, 6.45) is 0. The summed E-state index contributed by atoms with van der Waals surface area (Å²) in [5, 5.41) is 9.60. The molecule has 3 rings (SSSR count). The molecule has 1 amide bonds. The smallest absolute Gasteiger partial charge is 0.254 e. The number of nitriles is 1. The van der Waals surface area contributed by atoms with Crippen LogP contribution >= 0.6 is 11.6 Å². The topological polar surface area (TPSA) is 71.8 Å². The molecule has 0 aliphatic carbocycles. The van der Waals surface area contributed by atoms with Crippen molar-refractivity contribution in [2.24, 2.45) is 0 Å². The predicted molar refractivity (Wildman–Crippen MR) is 101 cm³/mol. The molecule has 27 heavy (non-hydrogen) atoms. The summed E-state index contributed by atoms with van der Waals surface area (Å²) in [4.78, 5) is 14.5. The first-order valence-electron chi connectivity index (χ1n) is 8.47. The fourth-order valence-corrected chi connectivity index (χ4v) is 3.07. The van der Waals surface area contributed by atoms with Crippen molar-refractivity contribution in [2.45, 2.75) is 0 Å². The highest BCUT2D eigenvalue weighted by Gasteiger charge is 2.20. The van der Waals surface area contributed by atoms with Crippen molar-refractivity contribution in [3.05, 3.63) is 52.5 Å². The Hall–Kier alpha value is -2.59. The molecule has 1 heterocycles. The van der Waals surface area contributed by atoms with Gasteiger partial charge in [0.15, 0.2) is 6.79 Å². The molecule has 0 N–H and O–H groups in total. The molecule has 1 fully saturated rings. The number of nitrogens with zero attached hydrogens (tertiary/aromatic N) is 2. The number of benzene rings is 2. The minimum Gasteiger partial charge on any atom is -0.467 e. The summed E-state index contributed by atoms with van der Waals surface area (Å²) in [5.74, 6) is 0.436. The summed E-state index contributed by atoms with van der Waals surface area (Å²) >= 11 is 6.14. The van der Waals surface area contributed by atoms with E-state index in [0.717, 1.165) is 5.56 Å². The predicted octanol–water partition coefficient (Wildman–Crippen LogP) is 3.33. The third-order valence-corrected chi connectivity index (χ3v) is 4.55. The quantitative estimate of drug-likeness (QED) is 0.737. The largest absolute Gasteiger partial charge is 0.467 e. The normalized spacial score (nSPS) is 13.9. The Balaban J connectivity index is 1.98. The highest BCUT2D eigenvalue weighted by molar-refractivity contribution is 6.32. The van der Waals surface area contributed by atoms with Gasteiger partial charge in [-0.2, -0.15) is 5.26 Å². The molecule has 0 aromatic heterocycles. The van der Waals surface area contributed by atoms with Crippen molar-refractivity contribution in [3.8, 4) is 22.9 Å². The van der Waals surface area contributed by atoms with Gasteiger partial charge in [-0.15, -0.1) is 0 Å². The van der Waals surface area contributed by atoms with Crippen LogP contribution in [0, 0.1) is 11.3 Å². The van der Waals surface area contributed by atoms with Crippen LogP contribution in [0.4, 0.5) is 0 Å². The number of rotatable bonds is 5. The Kier molecular flexibility index (Phi) is 6.30. The first-order valence-corrected chi connectivity index (χ1v) is 8.84. The Labute approximate surface area is 162 Å². The van der Waals surface area contributed by atoms with E-state index in [1.54, 1.807) is 29.2 Å². The molecule has 0 bridgehead atoms. The molecule has 140 valence electrons. The van der Waals surface area contributed by atoms with Crippen LogP contribution in [-0.2, 0) is 9.47 Å². The first kappa shape index (κ1) is 19.2. The fourth-order valence-electron chi connectivity index (χ4n) is 2.88. The van der Waals surface area contributed by atoms with Crippen molar-refractivity contribution in [2.75, 3.05) is 40.2 Å². The second-order valence-electron chi connectivity index (χ2n) is 5.98. The molecule has 1 saturated heterocycles. The van der Waals surface area contributed by atoms with Gasteiger partial charge in [-0.3, -0.25) is 4.79 Å². The maximum absolute atomic E-state index is 12.8. The molecule has 2 aromatic carbocycles. The maximum atomic E-state index is 12.8. The minimum absolute atomic E-state index is 0.0433. The van der Waals surface area contributed by atoms with Crippen molar-refractivity contribution < 1.29 is 19.0 Å². The second kappa shape index (κ2) is 8.87. The van der Waals surface area contributed by atoms with E-state index < -0.39 is 0 Å². The van der Waals surface area contributed by atoms with Crippen LogP contribution in [0.3, 0.4) is 0 Å². The Morgan fingerprint density at radius 3 is 2.78 bits per heavy atom. The standard InChI is InChI=1S/C20H19ClN2O4/c1-25-13-27-19-11-18(21)16(12-22)10-17(19)14-3-2-4-15(9-14)20(24)23-5-7-26-8-6-23/h2-4,9-11H,5-8,13H2,1H3. The molecular weight excluding hydrogens is 368 g/mol. The third-order valence-electron chi connectivity index (χ3n) is 4.24. The zero-order valence-corrected chi connectivity index (χ0v) is 15.7. The van der Waals surface area contributed by atoms with E-state index in [9.17, 15) is 10.1 Å². The molecule has 0 atom stereocenters. The lowest BCUT2D eigenvalue weighted by atomic mass is 9.99. The molecule has 0 saturated carbocycles. The van der Waals surface area contributed by atoms with E-state index in [0.29, 0.717) is 53.8 Å². The summed E-state index contributed by atoms with van der Waals surface area (Å²) in [7, 11) is 1.52. The number of methoxy groups -OCH3 is 1. The van der Waals surface area contributed by atoms with Gasteiger partial charge in [-0.25, -0.2) is 0 Å². The molecule has 0 radical (unpaired) electrons. The summed E-state index contributed by atoms with van der Waals surface area (Å²) in [6, 6.07) is 12.6. The van der Waals surface area contributed by atoms with Crippen LogP contribution in [-0.4, -0.2) is 51.0 Å². The minimum atomic E-state index is -0.0472. The van der Waals surface area contributed by atoms with Gasteiger partial charge in [0.25, 0.3) is 5.91 Å². The van der Waals surface area contributed by atoms with Crippen LogP contribution in [0.5, 0.6) is 5.75 Å². The number of hydrogen-bond donors (Lipinski definition) is 0. The van der Waals surface area contributed by atoms with Gasteiger partial charge in [-0.05, 0) is 23.8 Å². The van der Waals surface area contributed by atoms with E-state index in [-0.39, 0.29) is 12.7 Å². The number of ether oxygens (including phenoxy) is 3. The number of morpholine rings is 1. The number of hydrogen-bond acceptors (Lipinski definition) is 5. The third kappa shape index (κ3) is 4.40. The SMILES string of the molecule is COCOc1cc(Cl)c(C#N)cc1-c1cccc(C(=O)N2CCOCC2)c1. The van der Waals surface area contributed by atoms with Crippen molar-refractivity contribution >= 4 is 17.5 Å². The van der Waals surface area contributed by atoms with Crippen molar-refractivity contribution in [3.63, 3.8) is 0 Å². The lowest BCUT2D eigenvalue weighted by molar-refractivity contribution is 0.0303. The zero-order valence-electron chi connectivity index (χ0n) is 14.9. The molecular formula is C20H19ClN2O4. The average Bonchev–Trinajstić information content (AvgIpc) is 2.72. The molecule has 1 aliphatic rings. The lowest BCUT2D eigenvalue weighted by Crippen LogP contribution is -2.40. The molecule has 2 aromatic rings. The lowest BCUT2D eigenvalue weighted by Gasteiger charge is -2.27. The van der Waals surface area contributed by atoms with Crippen LogP contribution in [0.25, 0.3) is 11.1 Å². The van der Waals surface area contributed by atoms with Crippen LogP contribution in [0.1, 0.15) is 15.9 Å². The van der Waals surface area contributed by atoms with Gasteiger partial charge < -0.3 is 19.1 Å². The van der Waals surface area contributed by atoms with Gasteiger partial charge in [0, 0.05) is 37.4 Å². The van der Waals surface area contributed by atoms with Gasteiger partial charge in [-0.1, -0.05) is 23.7 Å². The molecule has 0 spiro atoms.